The fraction of sp³-hybridized carbons (Fsp3) is 0.158. The fourth-order valence-electron chi connectivity index (χ4n) is 2.44. The molecule has 3 aromatic rings. The number of hydrogen-bond acceptors (Lipinski definition) is 4. The largest absolute Gasteiger partial charge is 0.484 e. The summed E-state index contributed by atoms with van der Waals surface area (Å²) in [5, 5.41) is 3.43. The lowest BCUT2D eigenvalue weighted by Crippen LogP contribution is -2.20. The van der Waals surface area contributed by atoms with E-state index in [0.717, 1.165) is 12.0 Å². The summed E-state index contributed by atoms with van der Waals surface area (Å²) in [4.78, 5) is 23.2. The predicted octanol–water partition coefficient (Wildman–Crippen LogP) is 3.11. The summed E-state index contributed by atoms with van der Waals surface area (Å²) in [5.41, 5.74) is 7.45. The van der Waals surface area contributed by atoms with E-state index in [1.165, 1.54) is 0 Å². The van der Waals surface area contributed by atoms with Gasteiger partial charge in [-0.25, -0.2) is 0 Å². The predicted molar refractivity (Wildman–Crippen MR) is 94.7 cm³/mol. The Hall–Kier alpha value is -3.28. The number of carbonyl (C=O) groups is 2. The molecule has 0 bridgehead atoms. The van der Waals surface area contributed by atoms with Crippen LogP contribution < -0.4 is 15.8 Å². The fourth-order valence-corrected chi connectivity index (χ4v) is 2.44. The van der Waals surface area contributed by atoms with Gasteiger partial charge in [0, 0.05) is 11.1 Å². The third kappa shape index (κ3) is 3.98. The molecule has 0 aliphatic heterocycles. The molecule has 2 amide bonds. The van der Waals surface area contributed by atoms with Crippen LogP contribution in [0.15, 0.2) is 52.9 Å². The first-order valence-corrected chi connectivity index (χ1v) is 7.90. The molecule has 0 atom stereocenters. The highest BCUT2D eigenvalue weighted by Crippen LogP contribution is 2.23. The minimum Gasteiger partial charge on any atom is -0.484 e. The van der Waals surface area contributed by atoms with Crippen LogP contribution in [0.3, 0.4) is 0 Å². The monoisotopic (exact) mass is 338 g/mol. The van der Waals surface area contributed by atoms with E-state index >= 15 is 0 Å². The van der Waals surface area contributed by atoms with Gasteiger partial charge in [-0.05, 0) is 48.4 Å². The number of nitrogens with two attached hydrogens (primary N) is 1. The van der Waals surface area contributed by atoms with E-state index in [0.29, 0.717) is 22.4 Å². The number of amides is 2. The summed E-state index contributed by atoms with van der Waals surface area (Å²) in [6.07, 6.45) is 0.904. The van der Waals surface area contributed by atoms with Crippen molar-refractivity contribution in [2.45, 2.75) is 13.3 Å². The maximum Gasteiger partial charge on any atom is 0.284 e. The SMILES string of the molecule is CCc1cccc(OCC(=O)Nc2ccc3oc(C(N)=O)cc3c2)c1. The molecule has 2 aromatic carbocycles. The smallest absolute Gasteiger partial charge is 0.284 e. The summed E-state index contributed by atoms with van der Waals surface area (Å²) in [7, 11) is 0. The first-order valence-electron chi connectivity index (χ1n) is 7.90. The molecule has 25 heavy (non-hydrogen) atoms. The Kier molecular flexibility index (Phi) is 4.70. The summed E-state index contributed by atoms with van der Waals surface area (Å²) < 4.78 is 10.8. The van der Waals surface area contributed by atoms with Gasteiger partial charge >= 0.3 is 0 Å². The Balaban J connectivity index is 1.64. The van der Waals surface area contributed by atoms with Crippen molar-refractivity contribution in [3.8, 4) is 5.75 Å². The number of anilines is 1. The van der Waals surface area contributed by atoms with Gasteiger partial charge in [-0.15, -0.1) is 0 Å². The number of nitrogens with one attached hydrogen (secondary N) is 1. The van der Waals surface area contributed by atoms with E-state index in [1.54, 1.807) is 24.3 Å². The molecule has 6 nitrogen and oxygen atoms in total. The number of aryl methyl sites for hydroxylation is 1. The molecule has 0 fully saturated rings. The summed E-state index contributed by atoms with van der Waals surface area (Å²) in [5.74, 6) is -0.173. The third-order valence-corrected chi connectivity index (χ3v) is 3.72. The second-order valence-electron chi connectivity index (χ2n) is 5.57. The molecular formula is C19H18N2O4. The average Bonchev–Trinajstić information content (AvgIpc) is 3.04. The van der Waals surface area contributed by atoms with Crippen LogP contribution in [0.4, 0.5) is 5.69 Å². The molecule has 3 rings (SSSR count). The summed E-state index contributed by atoms with van der Waals surface area (Å²) in [6.45, 7) is 1.96. The standard InChI is InChI=1S/C19H18N2O4/c1-2-12-4-3-5-15(8-12)24-11-18(22)21-14-6-7-16-13(9-14)10-17(25-16)19(20)23/h3-10H,2,11H2,1H3,(H2,20,23)(H,21,22). The summed E-state index contributed by atoms with van der Waals surface area (Å²) in [6, 6.07) is 14.2. The van der Waals surface area contributed by atoms with Gasteiger partial charge in [-0.3, -0.25) is 9.59 Å². The van der Waals surface area contributed by atoms with Crippen LogP contribution in [0.25, 0.3) is 11.0 Å². The number of furan rings is 1. The zero-order chi connectivity index (χ0) is 17.8. The number of benzene rings is 2. The van der Waals surface area contributed by atoms with Crippen molar-refractivity contribution in [2.75, 3.05) is 11.9 Å². The molecule has 0 radical (unpaired) electrons. The Morgan fingerprint density at radius 1 is 1.16 bits per heavy atom. The van der Waals surface area contributed by atoms with E-state index in [4.69, 9.17) is 14.9 Å². The van der Waals surface area contributed by atoms with Crippen LogP contribution in [0, 0.1) is 0 Å². The molecule has 0 saturated carbocycles. The highest BCUT2D eigenvalue weighted by molar-refractivity contribution is 5.97. The topological polar surface area (TPSA) is 94.6 Å². The number of carbonyl (C=O) groups excluding carboxylic acids is 2. The lowest BCUT2D eigenvalue weighted by Gasteiger charge is -2.08. The van der Waals surface area contributed by atoms with Crippen LogP contribution in [0.2, 0.25) is 0 Å². The third-order valence-electron chi connectivity index (χ3n) is 3.72. The maximum atomic E-state index is 12.1. The number of ether oxygens (including phenoxy) is 1. The van der Waals surface area contributed by atoms with Crippen molar-refractivity contribution in [1.82, 2.24) is 0 Å². The molecule has 0 aliphatic carbocycles. The van der Waals surface area contributed by atoms with Gasteiger partial charge in [0.15, 0.2) is 12.4 Å². The van der Waals surface area contributed by atoms with Gasteiger partial charge in [0.25, 0.3) is 11.8 Å². The van der Waals surface area contributed by atoms with Crippen molar-refractivity contribution in [3.63, 3.8) is 0 Å². The van der Waals surface area contributed by atoms with Crippen molar-refractivity contribution in [2.24, 2.45) is 5.73 Å². The van der Waals surface area contributed by atoms with Crippen LogP contribution in [0.1, 0.15) is 23.0 Å². The molecular weight excluding hydrogens is 320 g/mol. The second kappa shape index (κ2) is 7.09. The first-order chi connectivity index (χ1) is 12.0. The molecule has 0 saturated heterocycles. The van der Waals surface area contributed by atoms with Crippen molar-refractivity contribution in [1.29, 1.82) is 0 Å². The Morgan fingerprint density at radius 3 is 2.76 bits per heavy atom. The van der Waals surface area contributed by atoms with Gasteiger partial charge in [-0.1, -0.05) is 19.1 Å². The zero-order valence-corrected chi connectivity index (χ0v) is 13.7. The van der Waals surface area contributed by atoms with Gasteiger partial charge in [0.2, 0.25) is 0 Å². The normalized spacial score (nSPS) is 10.6. The quantitative estimate of drug-likeness (QED) is 0.722. The summed E-state index contributed by atoms with van der Waals surface area (Å²) >= 11 is 0. The molecule has 0 aliphatic rings. The molecule has 0 spiro atoms. The van der Waals surface area contributed by atoms with Gasteiger partial charge in [0.05, 0.1) is 0 Å². The Labute approximate surface area is 144 Å². The first kappa shape index (κ1) is 16.6. The number of fused-ring (bicyclic) bond motifs is 1. The molecule has 1 heterocycles. The van der Waals surface area contributed by atoms with Crippen molar-refractivity contribution >= 4 is 28.5 Å². The van der Waals surface area contributed by atoms with Crippen LogP contribution in [-0.4, -0.2) is 18.4 Å². The van der Waals surface area contributed by atoms with Gasteiger partial charge in [0.1, 0.15) is 11.3 Å². The number of primary amides is 1. The maximum absolute atomic E-state index is 12.1. The van der Waals surface area contributed by atoms with E-state index in [9.17, 15) is 9.59 Å². The van der Waals surface area contributed by atoms with Crippen LogP contribution >= 0.6 is 0 Å². The zero-order valence-electron chi connectivity index (χ0n) is 13.7. The molecule has 0 unspecified atom stereocenters. The molecule has 3 N–H and O–H groups in total. The van der Waals surface area contributed by atoms with E-state index < -0.39 is 5.91 Å². The van der Waals surface area contributed by atoms with Crippen LogP contribution in [0.5, 0.6) is 5.75 Å². The highest BCUT2D eigenvalue weighted by atomic mass is 16.5. The van der Waals surface area contributed by atoms with E-state index in [1.807, 2.05) is 24.3 Å². The van der Waals surface area contributed by atoms with Crippen molar-refractivity contribution < 1.29 is 18.7 Å². The molecule has 128 valence electrons. The van der Waals surface area contributed by atoms with Crippen molar-refractivity contribution in [3.05, 3.63) is 59.9 Å². The van der Waals surface area contributed by atoms with Gasteiger partial charge < -0.3 is 20.2 Å². The van der Waals surface area contributed by atoms with Crippen LogP contribution in [-0.2, 0) is 11.2 Å². The minimum atomic E-state index is -0.635. The number of rotatable bonds is 6. The minimum absolute atomic E-state index is 0.0811. The molecule has 1 aromatic heterocycles. The number of hydrogen-bond donors (Lipinski definition) is 2. The lowest BCUT2D eigenvalue weighted by molar-refractivity contribution is -0.118. The van der Waals surface area contributed by atoms with E-state index in [2.05, 4.69) is 12.2 Å². The molecule has 6 heteroatoms. The Morgan fingerprint density at radius 2 is 2.00 bits per heavy atom. The second-order valence-corrected chi connectivity index (χ2v) is 5.57. The Bertz CT molecular complexity index is 930. The lowest BCUT2D eigenvalue weighted by atomic mass is 10.2. The van der Waals surface area contributed by atoms with Gasteiger partial charge in [-0.2, -0.15) is 0 Å². The highest BCUT2D eigenvalue weighted by Gasteiger charge is 2.10. The average molecular weight is 338 g/mol. The van der Waals surface area contributed by atoms with E-state index in [-0.39, 0.29) is 18.3 Å².